The van der Waals surface area contributed by atoms with E-state index < -0.39 is 23.6 Å². The molecule has 3 aliphatic heterocycles. The summed E-state index contributed by atoms with van der Waals surface area (Å²) in [5, 5.41) is 6.17. The van der Waals surface area contributed by atoms with Crippen molar-refractivity contribution >= 4 is 46.8 Å². The highest BCUT2D eigenvalue weighted by atomic mass is 35.5. The molecule has 3 aromatic rings. The number of piperidine rings is 1. The Hall–Kier alpha value is -4.41. The van der Waals surface area contributed by atoms with Gasteiger partial charge >= 0.3 is 6.09 Å². The number of hydrogen-bond donors (Lipinski definition) is 2. The van der Waals surface area contributed by atoms with Gasteiger partial charge in [-0.15, -0.1) is 0 Å². The number of likely N-dealkylation sites (tertiary alicyclic amines) is 1. The molecule has 2 fully saturated rings. The van der Waals surface area contributed by atoms with Crippen LogP contribution < -0.4 is 15.5 Å². The minimum Gasteiger partial charge on any atom is -0.436 e. The summed E-state index contributed by atoms with van der Waals surface area (Å²) in [4.78, 5) is 55.9. The molecule has 4 amide bonds. The maximum Gasteiger partial charge on any atom is 0.412 e. The number of nitrogens with zero attached hydrogens (tertiary/aromatic N) is 2. The fraction of sp³-hybridized carbons (Fsp3) is 0.312. The lowest BCUT2D eigenvalue weighted by Crippen LogP contribution is -2.57. The van der Waals surface area contributed by atoms with Crippen LogP contribution in [0.2, 0.25) is 5.02 Å². The maximum atomic E-state index is 14.2. The molecule has 3 aliphatic rings. The van der Waals surface area contributed by atoms with Gasteiger partial charge in [-0.05, 0) is 54.8 Å². The van der Waals surface area contributed by atoms with Gasteiger partial charge in [-0.25, -0.2) is 4.79 Å². The van der Waals surface area contributed by atoms with Crippen molar-refractivity contribution in [2.24, 2.45) is 0 Å². The first kappa shape index (κ1) is 28.7. The molecule has 11 heteroatoms. The molecule has 0 bridgehead atoms. The molecule has 2 N–H and O–H groups in total. The molecule has 1 spiro atoms. The van der Waals surface area contributed by atoms with E-state index in [1.165, 1.54) is 0 Å². The standard InChI is InChI=1S/C32H31ClN4O6/c33-23-10-11-26-25(18-23)32(43-31(41)35-26)12-5-13-36(20-32)30(40)27(16-21-6-2-1-3-7-21)34-29(39)22-8-4-9-24(17-22)37-14-15-42-19-28(37)38/h1-4,6-11,17-18,27H,5,12-16,19-20H2,(H,34,39)(H,35,41)/t27-,32-/m0/s1. The Kier molecular flexibility index (Phi) is 8.05. The summed E-state index contributed by atoms with van der Waals surface area (Å²) in [6, 6.07) is 20.5. The van der Waals surface area contributed by atoms with E-state index in [2.05, 4.69) is 10.6 Å². The van der Waals surface area contributed by atoms with Crippen molar-refractivity contribution in [3.05, 3.63) is 94.5 Å². The van der Waals surface area contributed by atoms with Crippen LogP contribution in [0, 0.1) is 0 Å². The molecule has 6 rings (SSSR count). The number of hydrogen-bond acceptors (Lipinski definition) is 6. The van der Waals surface area contributed by atoms with Crippen LogP contribution in [0.5, 0.6) is 0 Å². The zero-order valence-electron chi connectivity index (χ0n) is 23.4. The van der Waals surface area contributed by atoms with Crippen LogP contribution in [0.25, 0.3) is 0 Å². The number of amides is 4. The second kappa shape index (κ2) is 12.1. The Morgan fingerprint density at radius 3 is 2.67 bits per heavy atom. The van der Waals surface area contributed by atoms with Crippen molar-refractivity contribution in [1.82, 2.24) is 10.2 Å². The van der Waals surface area contributed by atoms with Crippen molar-refractivity contribution in [1.29, 1.82) is 0 Å². The van der Waals surface area contributed by atoms with Gasteiger partial charge in [0.2, 0.25) is 5.91 Å². The van der Waals surface area contributed by atoms with Gasteiger partial charge in [0.15, 0.2) is 5.60 Å². The van der Waals surface area contributed by atoms with E-state index in [9.17, 15) is 19.2 Å². The van der Waals surface area contributed by atoms with Gasteiger partial charge in [0.1, 0.15) is 12.6 Å². The summed E-state index contributed by atoms with van der Waals surface area (Å²) in [5.41, 5.74) is 2.06. The number of fused-ring (bicyclic) bond motifs is 2. The molecule has 222 valence electrons. The number of benzene rings is 3. The zero-order valence-corrected chi connectivity index (χ0v) is 24.1. The molecular weight excluding hydrogens is 572 g/mol. The Bertz CT molecular complexity index is 1570. The molecule has 43 heavy (non-hydrogen) atoms. The summed E-state index contributed by atoms with van der Waals surface area (Å²) in [7, 11) is 0. The van der Waals surface area contributed by atoms with Crippen LogP contribution in [-0.2, 0) is 31.1 Å². The van der Waals surface area contributed by atoms with Gasteiger partial charge in [0.05, 0.1) is 18.8 Å². The second-order valence-corrected chi connectivity index (χ2v) is 11.4. The average Bonchev–Trinajstić information content (AvgIpc) is 3.01. The van der Waals surface area contributed by atoms with E-state index in [-0.39, 0.29) is 31.4 Å². The number of anilines is 2. The maximum absolute atomic E-state index is 14.2. The highest BCUT2D eigenvalue weighted by Crippen LogP contribution is 2.43. The van der Waals surface area contributed by atoms with Gasteiger partial charge < -0.3 is 24.6 Å². The molecule has 2 saturated heterocycles. The number of morpholine rings is 1. The lowest BCUT2D eigenvalue weighted by atomic mass is 9.83. The number of nitrogens with one attached hydrogen (secondary N) is 2. The van der Waals surface area contributed by atoms with Gasteiger partial charge in [0, 0.05) is 41.3 Å². The van der Waals surface area contributed by atoms with Crippen LogP contribution in [-0.4, -0.2) is 67.6 Å². The van der Waals surface area contributed by atoms with Gasteiger partial charge in [-0.1, -0.05) is 48.0 Å². The van der Waals surface area contributed by atoms with E-state index >= 15 is 0 Å². The summed E-state index contributed by atoms with van der Waals surface area (Å²) in [6.07, 6.45) is 0.796. The fourth-order valence-corrected chi connectivity index (χ4v) is 6.17. The first-order chi connectivity index (χ1) is 20.8. The first-order valence-electron chi connectivity index (χ1n) is 14.2. The largest absolute Gasteiger partial charge is 0.436 e. The molecule has 2 atom stereocenters. The van der Waals surface area contributed by atoms with Crippen LogP contribution in [0.4, 0.5) is 16.2 Å². The lowest BCUT2D eigenvalue weighted by Gasteiger charge is -2.45. The van der Waals surface area contributed by atoms with Crippen LogP contribution in [0.3, 0.4) is 0 Å². The topological polar surface area (TPSA) is 117 Å². The monoisotopic (exact) mass is 602 g/mol. The van der Waals surface area contributed by atoms with Crippen molar-refractivity contribution in [3.8, 4) is 0 Å². The van der Waals surface area contributed by atoms with Crippen molar-refractivity contribution in [2.45, 2.75) is 30.9 Å². The van der Waals surface area contributed by atoms with E-state index in [1.807, 2.05) is 30.3 Å². The number of carbonyl (C=O) groups excluding carboxylic acids is 4. The zero-order chi connectivity index (χ0) is 30.0. The molecule has 0 aromatic heterocycles. The van der Waals surface area contributed by atoms with Crippen molar-refractivity contribution in [3.63, 3.8) is 0 Å². The SMILES string of the molecule is O=C1Nc2ccc(Cl)cc2[C@@]2(CCCN(C(=O)[C@H](Cc3ccccc3)NC(=O)c3cccc(N4CCOCC4=O)c3)C2)O1. The van der Waals surface area contributed by atoms with E-state index in [0.717, 1.165) is 11.1 Å². The Morgan fingerprint density at radius 2 is 1.86 bits per heavy atom. The van der Waals surface area contributed by atoms with Gasteiger partial charge in [0.25, 0.3) is 11.8 Å². The number of carbonyl (C=O) groups is 4. The molecule has 3 aromatic carbocycles. The van der Waals surface area contributed by atoms with Gasteiger partial charge in [-0.2, -0.15) is 0 Å². The number of rotatable bonds is 6. The van der Waals surface area contributed by atoms with E-state index in [0.29, 0.717) is 54.5 Å². The summed E-state index contributed by atoms with van der Waals surface area (Å²) >= 11 is 6.32. The predicted molar refractivity (Wildman–Crippen MR) is 160 cm³/mol. The third-order valence-corrected chi connectivity index (χ3v) is 8.29. The minimum absolute atomic E-state index is 0.0105. The second-order valence-electron chi connectivity index (χ2n) is 10.9. The summed E-state index contributed by atoms with van der Waals surface area (Å²) in [5.74, 6) is -0.899. The van der Waals surface area contributed by atoms with E-state index in [1.54, 1.807) is 52.3 Å². The Balaban J connectivity index is 1.26. The van der Waals surface area contributed by atoms with Crippen LogP contribution in [0.1, 0.15) is 34.3 Å². The van der Waals surface area contributed by atoms with E-state index in [4.69, 9.17) is 21.1 Å². The normalized spacial score (nSPS) is 20.6. The number of halogens is 1. The highest BCUT2D eigenvalue weighted by molar-refractivity contribution is 6.30. The Morgan fingerprint density at radius 1 is 1.02 bits per heavy atom. The van der Waals surface area contributed by atoms with Crippen LogP contribution >= 0.6 is 11.6 Å². The third-order valence-electron chi connectivity index (χ3n) is 8.06. The minimum atomic E-state index is -1.06. The number of ether oxygens (including phenoxy) is 2. The quantitative estimate of drug-likeness (QED) is 0.438. The molecule has 3 heterocycles. The van der Waals surface area contributed by atoms with Crippen molar-refractivity contribution in [2.75, 3.05) is 43.1 Å². The molecule has 0 radical (unpaired) electrons. The lowest BCUT2D eigenvalue weighted by molar-refractivity contribution is -0.141. The molecule has 10 nitrogen and oxygen atoms in total. The molecule has 0 unspecified atom stereocenters. The molecule has 0 saturated carbocycles. The first-order valence-corrected chi connectivity index (χ1v) is 14.6. The fourth-order valence-electron chi connectivity index (χ4n) is 6.00. The molecule has 0 aliphatic carbocycles. The summed E-state index contributed by atoms with van der Waals surface area (Å²) < 4.78 is 11.1. The third kappa shape index (κ3) is 6.07. The average molecular weight is 603 g/mol. The van der Waals surface area contributed by atoms with Gasteiger partial charge in [-0.3, -0.25) is 19.7 Å². The highest BCUT2D eigenvalue weighted by Gasteiger charge is 2.47. The van der Waals surface area contributed by atoms with Crippen LogP contribution in [0.15, 0.2) is 72.8 Å². The molecular formula is C32H31ClN4O6. The van der Waals surface area contributed by atoms with Crippen molar-refractivity contribution < 1.29 is 28.7 Å². The smallest absolute Gasteiger partial charge is 0.412 e. The predicted octanol–water partition coefficient (Wildman–Crippen LogP) is 4.12. The summed E-state index contributed by atoms with van der Waals surface area (Å²) in [6.45, 7) is 1.36. The Labute approximate surface area is 253 Å².